The van der Waals surface area contributed by atoms with Crippen LogP contribution in [0.25, 0.3) is 10.9 Å². The summed E-state index contributed by atoms with van der Waals surface area (Å²) in [5, 5.41) is 1.20. The number of para-hydroxylation sites is 1. The van der Waals surface area contributed by atoms with Crippen LogP contribution in [0.1, 0.15) is 12.6 Å². The Bertz CT molecular complexity index is 496. The van der Waals surface area contributed by atoms with Gasteiger partial charge in [0.05, 0.1) is 11.2 Å². The van der Waals surface area contributed by atoms with E-state index in [1.165, 1.54) is 5.39 Å². The van der Waals surface area contributed by atoms with Gasteiger partial charge in [-0.05, 0) is 19.2 Å². The molecule has 0 aliphatic heterocycles. The van der Waals surface area contributed by atoms with Crippen molar-refractivity contribution in [2.45, 2.75) is 18.3 Å². The van der Waals surface area contributed by atoms with Crippen molar-refractivity contribution in [2.24, 2.45) is 0 Å². The van der Waals surface area contributed by atoms with Crippen molar-refractivity contribution < 1.29 is 0 Å². The highest BCUT2D eigenvalue weighted by atomic mass is 79.9. The number of halogens is 1. The third kappa shape index (κ3) is 3.51. The van der Waals surface area contributed by atoms with E-state index in [0.717, 1.165) is 24.3 Å². The maximum absolute atomic E-state index is 4.67. The van der Waals surface area contributed by atoms with Crippen molar-refractivity contribution in [3.63, 3.8) is 0 Å². The standard InChI is InChI=1S/C14H17BrN2/c1-11(15)9-17(2)10-13-8-7-12-5-3-4-6-14(12)16-13/h3-8,11H,9-10H2,1-2H3. The number of fused-ring (bicyclic) bond motifs is 1. The molecule has 0 saturated heterocycles. The minimum Gasteiger partial charge on any atom is -0.299 e. The predicted octanol–water partition coefficient (Wildman–Crippen LogP) is 3.45. The molecule has 90 valence electrons. The molecule has 17 heavy (non-hydrogen) atoms. The molecule has 0 fully saturated rings. The van der Waals surface area contributed by atoms with Crippen LogP contribution in [0.2, 0.25) is 0 Å². The molecule has 2 aromatic rings. The Kier molecular flexibility index (Phi) is 4.13. The Morgan fingerprint density at radius 1 is 1.24 bits per heavy atom. The van der Waals surface area contributed by atoms with Gasteiger partial charge in [0.15, 0.2) is 0 Å². The molecule has 1 heterocycles. The van der Waals surface area contributed by atoms with Crippen molar-refractivity contribution in [1.82, 2.24) is 9.88 Å². The Morgan fingerprint density at radius 3 is 2.76 bits per heavy atom. The van der Waals surface area contributed by atoms with Crippen molar-refractivity contribution in [3.05, 3.63) is 42.1 Å². The minimum atomic E-state index is 0.507. The first kappa shape index (κ1) is 12.5. The Balaban J connectivity index is 2.14. The topological polar surface area (TPSA) is 16.1 Å². The Hall–Kier alpha value is -0.930. The minimum absolute atomic E-state index is 0.507. The molecule has 0 aliphatic carbocycles. The van der Waals surface area contributed by atoms with Crippen LogP contribution < -0.4 is 0 Å². The van der Waals surface area contributed by atoms with Crippen LogP contribution in [-0.2, 0) is 6.54 Å². The summed E-state index contributed by atoms with van der Waals surface area (Å²) < 4.78 is 0. The SMILES string of the molecule is CC(Br)CN(C)Cc1ccc2ccccc2n1. The number of hydrogen-bond donors (Lipinski definition) is 0. The summed E-state index contributed by atoms with van der Waals surface area (Å²) in [7, 11) is 2.12. The van der Waals surface area contributed by atoms with Gasteiger partial charge in [-0.25, -0.2) is 0 Å². The van der Waals surface area contributed by atoms with E-state index >= 15 is 0 Å². The third-order valence-electron chi connectivity index (χ3n) is 2.65. The lowest BCUT2D eigenvalue weighted by atomic mass is 10.2. The zero-order chi connectivity index (χ0) is 12.3. The van der Waals surface area contributed by atoms with Gasteiger partial charge < -0.3 is 0 Å². The maximum atomic E-state index is 4.67. The van der Waals surface area contributed by atoms with Crippen LogP contribution in [0, 0.1) is 0 Å². The molecule has 0 saturated carbocycles. The van der Waals surface area contributed by atoms with Gasteiger partial charge in [-0.1, -0.05) is 47.1 Å². The van der Waals surface area contributed by atoms with E-state index < -0.39 is 0 Å². The quantitative estimate of drug-likeness (QED) is 0.803. The summed E-state index contributed by atoms with van der Waals surface area (Å²) in [4.78, 5) is 7.45. The fraction of sp³-hybridized carbons (Fsp3) is 0.357. The van der Waals surface area contributed by atoms with E-state index in [0.29, 0.717) is 4.83 Å². The molecule has 1 aromatic heterocycles. The second-order valence-electron chi connectivity index (χ2n) is 4.47. The van der Waals surface area contributed by atoms with Crippen molar-refractivity contribution >= 4 is 26.8 Å². The summed E-state index contributed by atoms with van der Waals surface area (Å²) >= 11 is 3.57. The Labute approximate surface area is 111 Å². The van der Waals surface area contributed by atoms with E-state index in [2.05, 4.69) is 64.1 Å². The number of benzene rings is 1. The van der Waals surface area contributed by atoms with Gasteiger partial charge in [0, 0.05) is 23.3 Å². The van der Waals surface area contributed by atoms with Crippen molar-refractivity contribution in [3.8, 4) is 0 Å². The third-order valence-corrected chi connectivity index (χ3v) is 2.94. The number of rotatable bonds is 4. The van der Waals surface area contributed by atoms with Crippen LogP contribution >= 0.6 is 15.9 Å². The van der Waals surface area contributed by atoms with Crippen molar-refractivity contribution in [2.75, 3.05) is 13.6 Å². The van der Waals surface area contributed by atoms with E-state index in [4.69, 9.17) is 0 Å². The van der Waals surface area contributed by atoms with E-state index in [1.54, 1.807) is 0 Å². The highest BCUT2D eigenvalue weighted by Crippen LogP contribution is 2.13. The number of nitrogens with zero attached hydrogens (tertiary/aromatic N) is 2. The molecule has 0 spiro atoms. The molecule has 0 amide bonds. The molecule has 2 rings (SSSR count). The van der Waals surface area contributed by atoms with Gasteiger partial charge in [0.1, 0.15) is 0 Å². The monoisotopic (exact) mass is 292 g/mol. The van der Waals surface area contributed by atoms with Crippen LogP contribution in [0.5, 0.6) is 0 Å². The zero-order valence-corrected chi connectivity index (χ0v) is 11.8. The van der Waals surface area contributed by atoms with Gasteiger partial charge in [-0.15, -0.1) is 0 Å². The van der Waals surface area contributed by atoms with Gasteiger partial charge in [-0.3, -0.25) is 9.88 Å². The fourth-order valence-corrected chi connectivity index (χ4v) is 2.46. The van der Waals surface area contributed by atoms with Crippen LogP contribution in [0.4, 0.5) is 0 Å². The zero-order valence-electron chi connectivity index (χ0n) is 10.2. The number of aromatic nitrogens is 1. The van der Waals surface area contributed by atoms with Crippen LogP contribution in [-0.4, -0.2) is 28.3 Å². The molecule has 3 heteroatoms. The first-order chi connectivity index (χ1) is 8.15. The molecule has 0 radical (unpaired) electrons. The first-order valence-electron chi connectivity index (χ1n) is 5.82. The molecule has 0 aliphatic rings. The molecule has 1 aromatic carbocycles. The summed E-state index contributed by atoms with van der Waals surface area (Å²) in [6.45, 7) is 4.07. The fourth-order valence-electron chi connectivity index (χ4n) is 1.97. The molecular formula is C14H17BrN2. The highest BCUT2D eigenvalue weighted by molar-refractivity contribution is 9.09. The van der Waals surface area contributed by atoms with E-state index in [1.807, 2.05) is 12.1 Å². The van der Waals surface area contributed by atoms with Gasteiger partial charge in [0.2, 0.25) is 0 Å². The summed E-state index contributed by atoms with van der Waals surface area (Å²) in [5.74, 6) is 0. The van der Waals surface area contributed by atoms with E-state index in [-0.39, 0.29) is 0 Å². The largest absolute Gasteiger partial charge is 0.299 e. The number of alkyl halides is 1. The van der Waals surface area contributed by atoms with Gasteiger partial charge >= 0.3 is 0 Å². The summed E-state index contributed by atoms with van der Waals surface area (Å²) in [6, 6.07) is 12.5. The predicted molar refractivity (Wildman–Crippen MR) is 76.5 cm³/mol. The molecule has 2 nitrogen and oxygen atoms in total. The summed E-state index contributed by atoms with van der Waals surface area (Å²) in [5.41, 5.74) is 2.20. The molecule has 0 N–H and O–H groups in total. The van der Waals surface area contributed by atoms with Gasteiger partial charge in [0.25, 0.3) is 0 Å². The number of hydrogen-bond acceptors (Lipinski definition) is 2. The van der Waals surface area contributed by atoms with E-state index in [9.17, 15) is 0 Å². The average molecular weight is 293 g/mol. The van der Waals surface area contributed by atoms with Gasteiger partial charge in [-0.2, -0.15) is 0 Å². The van der Waals surface area contributed by atoms with Crippen LogP contribution in [0.15, 0.2) is 36.4 Å². The number of pyridine rings is 1. The van der Waals surface area contributed by atoms with Crippen molar-refractivity contribution in [1.29, 1.82) is 0 Å². The first-order valence-corrected chi connectivity index (χ1v) is 6.74. The summed E-state index contributed by atoms with van der Waals surface area (Å²) in [6.07, 6.45) is 0. The molecule has 1 atom stereocenters. The lowest BCUT2D eigenvalue weighted by Crippen LogP contribution is -2.24. The molecular weight excluding hydrogens is 276 g/mol. The van der Waals surface area contributed by atoms with Crippen LogP contribution in [0.3, 0.4) is 0 Å². The molecule has 0 bridgehead atoms. The lowest BCUT2D eigenvalue weighted by Gasteiger charge is -2.17. The molecule has 1 unspecified atom stereocenters. The smallest absolute Gasteiger partial charge is 0.0705 e. The highest BCUT2D eigenvalue weighted by Gasteiger charge is 2.05. The Morgan fingerprint density at radius 2 is 2.00 bits per heavy atom. The second-order valence-corrected chi connectivity index (χ2v) is 6.04. The lowest BCUT2D eigenvalue weighted by molar-refractivity contribution is 0.329. The second kappa shape index (κ2) is 5.61. The normalized spacial score (nSPS) is 13.2. The average Bonchev–Trinajstić information content (AvgIpc) is 2.27. The maximum Gasteiger partial charge on any atom is 0.0705 e.